The van der Waals surface area contributed by atoms with Crippen molar-refractivity contribution in [3.8, 4) is 5.69 Å². The Morgan fingerprint density at radius 1 is 1.14 bits per heavy atom. The van der Waals surface area contributed by atoms with Gasteiger partial charge in [0.2, 0.25) is 0 Å². The van der Waals surface area contributed by atoms with Crippen LogP contribution in [0.2, 0.25) is 0 Å². The Kier molecular flexibility index (Phi) is 6.52. The first-order valence-electron chi connectivity index (χ1n) is 9.39. The normalized spacial score (nSPS) is 11.0. The van der Waals surface area contributed by atoms with E-state index in [2.05, 4.69) is 0 Å². The fraction of sp³-hybridized carbons (Fsp3) is 0.318. The molecule has 2 aromatic carbocycles. The number of nitrogens with zero attached hydrogens (tertiary/aromatic N) is 2. The molecule has 0 spiro atoms. The number of carbonyl (C=O) groups is 1. The Hall–Kier alpha value is -2.60. The summed E-state index contributed by atoms with van der Waals surface area (Å²) in [7, 11) is 0. The second kappa shape index (κ2) is 9.06. The lowest BCUT2D eigenvalue weighted by Gasteiger charge is -2.14. The molecule has 3 aromatic rings. The van der Waals surface area contributed by atoms with Gasteiger partial charge in [-0.15, -0.1) is 0 Å². The van der Waals surface area contributed by atoms with Gasteiger partial charge < -0.3 is 4.74 Å². The number of fused-ring (bicyclic) bond motifs is 1. The van der Waals surface area contributed by atoms with Crippen molar-refractivity contribution in [2.75, 3.05) is 12.4 Å². The van der Waals surface area contributed by atoms with Crippen LogP contribution in [0.5, 0.6) is 0 Å². The van der Waals surface area contributed by atoms with Crippen molar-refractivity contribution in [1.29, 1.82) is 0 Å². The first-order valence-corrected chi connectivity index (χ1v) is 10.4. The van der Waals surface area contributed by atoms with Gasteiger partial charge in [0.25, 0.3) is 5.56 Å². The molecule has 5 nitrogen and oxygen atoms in total. The summed E-state index contributed by atoms with van der Waals surface area (Å²) < 4.78 is 6.76. The number of hydrogen-bond donors (Lipinski definition) is 0. The predicted octanol–water partition coefficient (Wildman–Crippen LogP) is 4.44. The van der Waals surface area contributed by atoms with E-state index in [1.54, 1.807) is 10.6 Å². The molecule has 6 heteroatoms. The van der Waals surface area contributed by atoms with Crippen molar-refractivity contribution in [2.45, 2.75) is 38.8 Å². The molecule has 3 rings (SSSR count). The topological polar surface area (TPSA) is 61.2 Å². The zero-order valence-electron chi connectivity index (χ0n) is 16.4. The number of rotatable bonds is 7. The predicted molar refractivity (Wildman–Crippen MR) is 113 cm³/mol. The lowest BCUT2D eigenvalue weighted by molar-refractivity contribution is -0.143. The number of carbonyl (C=O) groups excluding carboxylic acids is 1. The van der Waals surface area contributed by atoms with Crippen LogP contribution in [0.3, 0.4) is 0 Å². The summed E-state index contributed by atoms with van der Waals surface area (Å²) in [5.74, 6) is 0.272. The molecule has 0 amide bonds. The molecule has 146 valence electrons. The minimum atomic E-state index is -0.227. The van der Waals surface area contributed by atoms with E-state index in [9.17, 15) is 9.59 Å². The largest absolute Gasteiger partial charge is 0.466 e. The third-order valence-electron chi connectivity index (χ3n) is 4.50. The van der Waals surface area contributed by atoms with E-state index < -0.39 is 0 Å². The lowest BCUT2D eigenvalue weighted by atomic mass is 10.1. The summed E-state index contributed by atoms with van der Waals surface area (Å²) in [6.07, 6.45) is 1.08. The average Bonchev–Trinajstić information content (AvgIpc) is 2.69. The molecule has 0 bridgehead atoms. The van der Waals surface area contributed by atoms with E-state index in [1.807, 2.05) is 57.2 Å². The molecule has 0 saturated carbocycles. The zero-order chi connectivity index (χ0) is 20.1. The van der Waals surface area contributed by atoms with Gasteiger partial charge in [-0.3, -0.25) is 14.2 Å². The first-order chi connectivity index (χ1) is 13.5. The molecule has 0 unspecified atom stereocenters. The second-order valence-electron chi connectivity index (χ2n) is 6.64. The second-order valence-corrected chi connectivity index (χ2v) is 7.70. The zero-order valence-corrected chi connectivity index (χ0v) is 17.2. The number of esters is 1. The van der Waals surface area contributed by atoms with Gasteiger partial charge in [-0.1, -0.05) is 36.9 Å². The summed E-state index contributed by atoms with van der Waals surface area (Å²) in [4.78, 5) is 29.7. The van der Waals surface area contributed by atoms with Gasteiger partial charge >= 0.3 is 5.97 Å². The maximum atomic E-state index is 13.2. The van der Waals surface area contributed by atoms with Crippen LogP contribution in [0.15, 0.2) is 52.4 Å². The van der Waals surface area contributed by atoms with Gasteiger partial charge in [-0.05, 0) is 55.7 Å². The molecule has 28 heavy (non-hydrogen) atoms. The van der Waals surface area contributed by atoms with Crippen molar-refractivity contribution in [3.05, 3.63) is 63.9 Å². The number of ether oxygens (including phenoxy) is 1. The molecule has 0 aliphatic heterocycles. The quantitative estimate of drug-likeness (QED) is 0.336. The third kappa shape index (κ3) is 4.44. The maximum Gasteiger partial charge on any atom is 0.306 e. The first kappa shape index (κ1) is 20.1. The third-order valence-corrected chi connectivity index (χ3v) is 5.44. The van der Waals surface area contributed by atoms with Gasteiger partial charge in [-0.25, -0.2) is 4.98 Å². The van der Waals surface area contributed by atoms with E-state index >= 15 is 0 Å². The van der Waals surface area contributed by atoms with Crippen molar-refractivity contribution in [2.24, 2.45) is 0 Å². The van der Waals surface area contributed by atoms with E-state index in [0.717, 1.165) is 17.7 Å². The van der Waals surface area contributed by atoms with Gasteiger partial charge in [0.15, 0.2) is 5.16 Å². The summed E-state index contributed by atoms with van der Waals surface area (Å²) in [6, 6.07) is 13.3. The maximum absolute atomic E-state index is 13.2. The summed E-state index contributed by atoms with van der Waals surface area (Å²) in [5.41, 5.74) is 3.60. The standard InChI is InChI=1S/C22H24N2O3S/c1-4-12-27-20(25)11-13-28-22-23-19-8-6-5-7-18(19)21(26)24(22)17-10-9-15(2)16(3)14-17/h5-10,14H,4,11-13H2,1-3H3. The minimum Gasteiger partial charge on any atom is -0.466 e. The van der Waals surface area contributed by atoms with Crippen LogP contribution in [0.1, 0.15) is 30.9 Å². The smallest absolute Gasteiger partial charge is 0.306 e. The molecule has 0 aliphatic carbocycles. The van der Waals surface area contributed by atoms with E-state index in [-0.39, 0.29) is 17.9 Å². The molecule has 0 atom stereocenters. The van der Waals surface area contributed by atoms with Crippen molar-refractivity contribution >= 4 is 28.6 Å². The Labute approximate surface area is 168 Å². The monoisotopic (exact) mass is 396 g/mol. The van der Waals surface area contributed by atoms with Crippen molar-refractivity contribution in [3.63, 3.8) is 0 Å². The SMILES string of the molecule is CCCOC(=O)CCSc1nc2ccccc2c(=O)n1-c1ccc(C)c(C)c1. The van der Waals surface area contributed by atoms with E-state index in [0.29, 0.717) is 28.4 Å². The highest BCUT2D eigenvalue weighted by Crippen LogP contribution is 2.23. The molecule has 0 saturated heterocycles. The van der Waals surface area contributed by atoms with Gasteiger partial charge in [-0.2, -0.15) is 0 Å². The number of hydrogen-bond acceptors (Lipinski definition) is 5. The Bertz CT molecular complexity index is 1060. The van der Waals surface area contributed by atoms with E-state index in [1.165, 1.54) is 17.3 Å². The lowest BCUT2D eigenvalue weighted by Crippen LogP contribution is -2.22. The van der Waals surface area contributed by atoms with Gasteiger partial charge in [0, 0.05) is 5.75 Å². The summed E-state index contributed by atoms with van der Waals surface area (Å²) in [5, 5.41) is 1.16. The highest BCUT2D eigenvalue weighted by atomic mass is 32.2. The number of benzene rings is 2. The van der Waals surface area contributed by atoms with Gasteiger partial charge in [0.1, 0.15) is 0 Å². The fourth-order valence-corrected chi connectivity index (χ4v) is 3.75. The molecule has 0 fully saturated rings. The van der Waals surface area contributed by atoms with Crippen LogP contribution < -0.4 is 5.56 Å². The van der Waals surface area contributed by atoms with Crippen LogP contribution in [0, 0.1) is 13.8 Å². The highest BCUT2D eigenvalue weighted by Gasteiger charge is 2.14. The number of aromatic nitrogens is 2. The van der Waals surface area contributed by atoms with Crippen LogP contribution in [0.4, 0.5) is 0 Å². The molecule has 0 N–H and O–H groups in total. The van der Waals surface area contributed by atoms with Gasteiger partial charge in [0.05, 0.1) is 29.6 Å². The van der Waals surface area contributed by atoms with Crippen LogP contribution >= 0.6 is 11.8 Å². The Morgan fingerprint density at radius 2 is 1.93 bits per heavy atom. The number of aryl methyl sites for hydroxylation is 2. The van der Waals surface area contributed by atoms with Crippen LogP contribution in [-0.2, 0) is 9.53 Å². The van der Waals surface area contributed by atoms with Crippen molar-refractivity contribution in [1.82, 2.24) is 9.55 Å². The molecular weight excluding hydrogens is 372 g/mol. The average molecular weight is 397 g/mol. The molecule has 1 heterocycles. The molecule has 0 radical (unpaired) electrons. The highest BCUT2D eigenvalue weighted by molar-refractivity contribution is 7.99. The van der Waals surface area contributed by atoms with Crippen molar-refractivity contribution < 1.29 is 9.53 Å². The summed E-state index contributed by atoms with van der Waals surface area (Å²) >= 11 is 1.39. The summed E-state index contributed by atoms with van der Waals surface area (Å²) in [6.45, 7) is 6.46. The Balaban J connectivity index is 1.98. The number of thioether (sulfide) groups is 1. The minimum absolute atomic E-state index is 0.107. The van der Waals surface area contributed by atoms with Crippen LogP contribution in [0.25, 0.3) is 16.6 Å². The van der Waals surface area contributed by atoms with Crippen LogP contribution in [-0.4, -0.2) is 27.9 Å². The number of para-hydroxylation sites is 1. The van der Waals surface area contributed by atoms with E-state index in [4.69, 9.17) is 9.72 Å². The molecule has 1 aromatic heterocycles. The molecular formula is C22H24N2O3S. The molecule has 0 aliphatic rings. The fourth-order valence-electron chi connectivity index (χ4n) is 2.82. The Morgan fingerprint density at radius 3 is 2.68 bits per heavy atom.